The third-order valence-corrected chi connectivity index (χ3v) is 2.00. The van der Waals surface area contributed by atoms with Crippen molar-refractivity contribution >= 4 is 36.0 Å². The summed E-state index contributed by atoms with van der Waals surface area (Å²) in [7, 11) is 3.47. The van der Waals surface area contributed by atoms with Gasteiger partial charge in [-0.2, -0.15) is 0 Å². The van der Waals surface area contributed by atoms with Crippen molar-refractivity contribution in [2.45, 2.75) is 45.8 Å². The molecule has 1 amide bonds. The minimum atomic E-state index is -0.491. The van der Waals surface area contributed by atoms with Crippen LogP contribution >= 0.6 is 24.0 Å². The van der Waals surface area contributed by atoms with Gasteiger partial charge in [-0.05, 0) is 34.6 Å². The van der Waals surface area contributed by atoms with Gasteiger partial charge in [0.25, 0.3) is 0 Å². The molecule has 0 radical (unpaired) electrons. The third-order valence-electron chi connectivity index (χ3n) is 2.00. The highest BCUT2D eigenvalue weighted by molar-refractivity contribution is 14.0. The molecule has 19 heavy (non-hydrogen) atoms. The molecular weight excluding hydrogens is 359 g/mol. The first-order valence-electron chi connectivity index (χ1n) is 5.99. The van der Waals surface area contributed by atoms with Crippen LogP contribution in [-0.4, -0.2) is 43.8 Å². The molecule has 0 aromatic rings. The first kappa shape index (κ1) is 20.6. The maximum atomic E-state index is 11.7. The number of carbonyl (C=O) groups excluding carboxylic acids is 1. The summed E-state index contributed by atoms with van der Waals surface area (Å²) < 4.78 is 5.21. The molecule has 0 aliphatic rings. The Kier molecular flexibility index (Phi) is 9.15. The van der Waals surface area contributed by atoms with Crippen LogP contribution in [0.5, 0.6) is 0 Å². The summed E-state index contributed by atoms with van der Waals surface area (Å²) in [5.74, 6) is 0.675. The van der Waals surface area contributed by atoms with E-state index in [2.05, 4.69) is 20.9 Å². The van der Waals surface area contributed by atoms with Crippen LogP contribution in [0.25, 0.3) is 0 Å². The SMILES string of the molecule is CN=C(NC)NCC(C)(C)NC(=O)OC(C)(C)C.I. The lowest BCUT2D eigenvalue weighted by Crippen LogP contribution is -2.53. The topological polar surface area (TPSA) is 74.8 Å². The summed E-state index contributed by atoms with van der Waals surface area (Å²) in [6, 6.07) is 0. The predicted octanol–water partition coefficient (Wildman–Crippen LogP) is 1.70. The average molecular weight is 386 g/mol. The van der Waals surface area contributed by atoms with E-state index >= 15 is 0 Å². The van der Waals surface area contributed by atoms with Crippen molar-refractivity contribution in [1.29, 1.82) is 0 Å². The van der Waals surface area contributed by atoms with Crippen molar-refractivity contribution in [2.24, 2.45) is 4.99 Å². The van der Waals surface area contributed by atoms with E-state index in [9.17, 15) is 4.79 Å². The minimum Gasteiger partial charge on any atom is -0.444 e. The summed E-state index contributed by atoms with van der Waals surface area (Å²) in [6.07, 6.45) is -0.422. The van der Waals surface area contributed by atoms with E-state index < -0.39 is 17.2 Å². The number of rotatable bonds is 3. The molecule has 0 aliphatic heterocycles. The number of guanidine groups is 1. The Balaban J connectivity index is 0. The van der Waals surface area contributed by atoms with Gasteiger partial charge in [0.1, 0.15) is 5.60 Å². The smallest absolute Gasteiger partial charge is 0.408 e. The molecule has 0 unspecified atom stereocenters. The fourth-order valence-corrected chi connectivity index (χ4v) is 1.21. The molecule has 0 bridgehead atoms. The number of amides is 1. The third kappa shape index (κ3) is 10.8. The van der Waals surface area contributed by atoms with E-state index in [1.54, 1.807) is 14.1 Å². The Morgan fingerprint density at radius 2 is 1.74 bits per heavy atom. The zero-order chi connectivity index (χ0) is 14.4. The van der Waals surface area contributed by atoms with Crippen LogP contribution in [0.4, 0.5) is 4.79 Å². The Morgan fingerprint density at radius 3 is 2.11 bits per heavy atom. The number of nitrogens with one attached hydrogen (secondary N) is 3. The van der Waals surface area contributed by atoms with Crippen LogP contribution in [0.2, 0.25) is 0 Å². The summed E-state index contributed by atoms with van der Waals surface area (Å²) in [5.41, 5.74) is -0.927. The van der Waals surface area contributed by atoms with Crippen molar-refractivity contribution in [3.8, 4) is 0 Å². The number of halogens is 1. The van der Waals surface area contributed by atoms with Crippen molar-refractivity contribution in [1.82, 2.24) is 16.0 Å². The van der Waals surface area contributed by atoms with E-state index in [0.717, 1.165) is 0 Å². The molecule has 0 atom stereocenters. The lowest BCUT2D eigenvalue weighted by atomic mass is 10.1. The second-order valence-corrected chi connectivity index (χ2v) is 5.69. The van der Waals surface area contributed by atoms with Gasteiger partial charge in [-0.1, -0.05) is 0 Å². The van der Waals surface area contributed by atoms with Gasteiger partial charge in [-0.25, -0.2) is 4.79 Å². The van der Waals surface area contributed by atoms with Gasteiger partial charge in [0.2, 0.25) is 0 Å². The van der Waals surface area contributed by atoms with Gasteiger partial charge in [0.15, 0.2) is 5.96 Å². The predicted molar refractivity (Wildman–Crippen MR) is 89.3 cm³/mol. The van der Waals surface area contributed by atoms with Crippen LogP contribution in [0.3, 0.4) is 0 Å². The van der Waals surface area contributed by atoms with Crippen molar-refractivity contribution in [3.05, 3.63) is 0 Å². The molecule has 0 saturated carbocycles. The number of hydrogen-bond donors (Lipinski definition) is 3. The Morgan fingerprint density at radius 1 is 1.21 bits per heavy atom. The lowest BCUT2D eigenvalue weighted by Gasteiger charge is -2.29. The van der Waals surface area contributed by atoms with Gasteiger partial charge >= 0.3 is 6.09 Å². The van der Waals surface area contributed by atoms with E-state index in [1.165, 1.54) is 0 Å². The summed E-state index contributed by atoms with van der Waals surface area (Å²) in [5, 5.41) is 8.82. The molecule has 0 heterocycles. The molecule has 0 spiro atoms. The monoisotopic (exact) mass is 386 g/mol. The molecule has 114 valence electrons. The van der Waals surface area contributed by atoms with Crippen LogP contribution in [0.15, 0.2) is 4.99 Å². The van der Waals surface area contributed by atoms with Crippen molar-refractivity contribution < 1.29 is 9.53 Å². The molecule has 0 rings (SSSR count). The number of nitrogens with zero attached hydrogens (tertiary/aromatic N) is 1. The van der Waals surface area contributed by atoms with Gasteiger partial charge in [0.05, 0.1) is 5.54 Å². The second-order valence-electron chi connectivity index (χ2n) is 5.69. The van der Waals surface area contributed by atoms with E-state index in [4.69, 9.17) is 4.74 Å². The molecule has 0 aliphatic carbocycles. The van der Waals surface area contributed by atoms with Crippen LogP contribution in [0, 0.1) is 0 Å². The number of alkyl carbamates (subject to hydrolysis) is 1. The Hall–Kier alpha value is -0.730. The fraction of sp³-hybridized carbons (Fsp3) is 0.833. The molecule has 3 N–H and O–H groups in total. The van der Waals surface area contributed by atoms with Crippen LogP contribution in [0.1, 0.15) is 34.6 Å². The molecule has 7 heteroatoms. The standard InChI is InChI=1S/C12H26N4O2.HI/c1-11(2,3)18-10(17)16-12(4,5)8-15-9(13-6)14-7;/h8H2,1-7H3,(H,16,17)(H2,13,14,15);1H. The number of ether oxygens (including phenoxy) is 1. The molecular formula is C12H27IN4O2. The first-order valence-corrected chi connectivity index (χ1v) is 5.99. The average Bonchev–Trinajstić information content (AvgIpc) is 2.14. The zero-order valence-corrected chi connectivity index (χ0v) is 15.2. The normalized spacial score (nSPS) is 12.3. The van der Waals surface area contributed by atoms with E-state index in [1.807, 2.05) is 34.6 Å². The second kappa shape index (κ2) is 8.44. The van der Waals surface area contributed by atoms with Gasteiger partial charge in [0, 0.05) is 20.6 Å². The lowest BCUT2D eigenvalue weighted by molar-refractivity contribution is 0.0474. The highest BCUT2D eigenvalue weighted by Crippen LogP contribution is 2.08. The summed E-state index contributed by atoms with van der Waals surface area (Å²) in [4.78, 5) is 15.6. The number of carbonyl (C=O) groups is 1. The Bertz CT molecular complexity index is 311. The van der Waals surface area contributed by atoms with Crippen molar-refractivity contribution in [3.63, 3.8) is 0 Å². The largest absolute Gasteiger partial charge is 0.444 e. The fourth-order valence-electron chi connectivity index (χ4n) is 1.21. The Labute approximate surface area is 133 Å². The number of hydrogen-bond acceptors (Lipinski definition) is 3. The quantitative estimate of drug-likeness (QED) is 0.392. The maximum absolute atomic E-state index is 11.7. The highest BCUT2D eigenvalue weighted by atomic mass is 127. The molecule has 0 aromatic heterocycles. The first-order chi connectivity index (χ1) is 8.09. The van der Waals surface area contributed by atoms with Crippen LogP contribution < -0.4 is 16.0 Å². The highest BCUT2D eigenvalue weighted by Gasteiger charge is 2.24. The van der Waals surface area contributed by atoms with Crippen molar-refractivity contribution in [2.75, 3.05) is 20.6 Å². The molecule has 6 nitrogen and oxygen atoms in total. The van der Waals surface area contributed by atoms with E-state index in [-0.39, 0.29) is 24.0 Å². The molecule has 0 fully saturated rings. The van der Waals surface area contributed by atoms with Gasteiger partial charge in [-0.3, -0.25) is 4.99 Å². The number of aliphatic imine (C=N–C) groups is 1. The van der Waals surface area contributed by atoms with Gasteiger partial charge in [-0.15, -0.1) is 24.0 Å². The van der Waals surface area contributed by atoms with Crippen LogP contribution in [-0.2, 0) is 4.74 Å². The molecule has 0 saturated heterocycles. The summed E-state index contributed by atoms with van der Waals surface area (Å²) in [6.45, 7) is 9.86. The minimum absolute atomic E-state index is 0. The van der Waals surface area contributed by atoms with Gasteiger partial charge < -0.3 is 20.7 Å². The maximum Gasteiger partial charge on any atom is 0.408 e. The van der Waals surface area contributed by atoms with E-state index in [0.29, 0.717) is 12.5 Å². The molecule has 0 aromatic carbocycles. The zero-order valence-electron chi connectivity index (χ0n) is 12.9. The summed E-state index contributed by atoms with van der Waals surface area (Å²) >= 11 is 0.